The number of rotatable bonds is 7. The number of fused-ring (bicyclic) bond motifs is 3. The molecule has 1 N–H and O–H groups in total. The molecule has 1 fully saturated rings. The summed E-state index contributed by atoms with van der Waals surface area (Å²) in [5.41, 5.74) is 5.48. The number of aromatic nitrogens is 1. The molecule has 2 aliphatic heterocycles. The molecule has 0 bridgehead atoms. The third-order valence-electron chi connectivity index (χ3n) is 6.99. The largest absolute Gasteiger partial charge is 0.358 e. The number of hydrogen-bond acceptors (Lipinski definition) is 6. The van der Waals surface area contributed by atoms with Gasteiger partial charge in [-0.1, -0.05) is 53.2 Å². The highest BCUT2D eigenvalue weighted by Gasteiger charge is 2.31. The number of likely N-dealkylation sites (N-methyl/N-ethyl adjacent to an activating group) is 1. The van der Waals surface area contributed by atoms with Gasteiger partial charge < -0.3 is 19.6 Å². The van der Waals surface area contributed by atoms with Crippen LogP contribution in [0.5, 0.6) is 0 Å². The topological polar surface area (TPSA) is 74.0 Å². The Labute approximate surface area is 217 Å². The van der Waals surface area contributed by atoms with Gasteiger partial charge in [0.1, 0.15) is 6.04 Å². The highest BCUT2D eigenvalue weighted by atomic mass is 35.5. The molecule has 0 saturated carbocycles. The molecular formula is C28H32ClN5O2. The van der Waals surface area contributed by atoms with Crippen molar-refractivity contribution >= 4 is 23.2 Å². The second-order valence-electron chi connectivity index (χ2n) is 9.61. The molecule has 2 aromatic carbocycles. The molecule has 0 unspecified atom stereocenters. The molecule has 1 saturated heterocycles. The van der Waals surface area contributed by atoms with Crippen LogP contribution in [-0.2, 0) is 4.79 Å². The summed E-state index contributed by atoms with van der Waals surface area (Å²) in [5, 5.41) is 8.00. The summed E-state index contributed by atoms with van der Waals surface area (Å²) in [6, 6.07) is 15.3. The van der Waals surface area contributed by atoms with E-state index in [2.05, 4.69) is 39.5 Å². The van der Waals surface area contributed by atoms with Crippen LogP contribution in [0.3, 0.4) is 0 Å². The molecule has 3 aromatic rings. The zero-order chi connectivity index (χ0) is 25.1. The van der Waals surface area contributed by atoms with Crippen LogP contribution in [0.15, 0.2) is 58.0 Å². The number of nitrogens with zero attached hydrogens (tertiary/aromatic N) is 4. The van der Waals surface area contributed by atoms with Crippen LogP contribution in [0.25, 0.3) is 11.1 Å². The van der Waals surface area contributed by atoms with E-state index in [9.17, 15) is 4.79 Å². The van der Waals surface area contributed by atoms with E-state index >= 15 is 0 Å². The normalized spacial score (nSPS) is 18.2. The fourth-order valence-electron chi connectivity index (χ4n) is 4.96. The van der Waals surface area contributed by atoms with Crippen LogP contribution in [0.4, 0.5) is 0 Å². The highest BCUT2D eigenvalue weighted by molar-refractivity contribution is 6.30. The van der Waals surface area contributed by atoms with Crippen molar-refractivity contribution in [2.75, 3.05) is 46.3 Å². The Hall–Kier alpha value is -3.00. The van der Waals surface area contributed by atoms with E-state index in [1.165, 1.54) is 0 Å². The van der Waals surface area contributed by atoms with Crippen molar-refractivity contribution in [3.63, 3.8) is 0 Å². The quantitative estimate of drug-likeness (QED) is 0.483. The zero-order valence-electron chi connectivity index (χ0n) is 20.8. The number of aliphatic imine (C=N–C) groups is 1. The van der Waals surface area contributed by atoms with Crippen LogP contribution in [-0.4, -0.2) is 72.9 Å². The number of carbonyl (C=O) groups is 1. The molecule has 1 aromatic heterocycles. The first kappa shape index (κ1) is 24.7. The molecule has 7 nitrogen and oxygen atoms in total. The van der Waals surface area contributed by atoms with Gasteiger partial charge in [0.25, 0.3) is 0 Å². The van der Waals surface area contributed by atoms with Gasteiger partial charge >= 0.3 is 0 Å². The van der Waals surface area contributed by atoms with Gasteiger partial charge in [-0.05, 0) is 44.6 Å². The Bertz CT molecular complexity index is 1250. The molecule has 0 aliphatic carbocycles. The minimum Gasteiger partial charge on any atom is -0.358 e. The maximum atomic E-state index is 13.0. The fourth-order valence-corrected chi connectivity index (χ4v) is 5.09. The lowest BCUT2D eigenvalue weighted by Gasteiger charge is -2.32. The summed E-state index contributed by atoms with van der Waals surface area (Å²) in [7, 11) is 2.16. The van der Waals surface area contributed by atoms with Gasteiger partial charge in [0.15, 0.2) is 5.76 Å². The van der Waals surface area contributed by atoms with Crippen molar-refractivity contribution in [2.24, 2.45) is 4.99 Å². The molecule has 1 atom stereocenters. The monoisotopic (exact) mass is 505 g/mol. The minimum absolute atomic E-state index is 0.0384. The third kappa shape index (κ3) is 5.38. The average Bonchev–Trinajstić information content (AvgIpc) is 3.21. The standard InChI is InChI=1S/C28H32ClN5O2/c1-19-26-22-6-3-4-7-23(22)27(20-8-10-21(29)11-9-20)31-24(28(26)36-32-19)18-25(35)30-12-5-13-34-16-14-33(2)15-17-34/h3-4,6-11,24H,5,12-18H2,1-2H3,(H,30,35)/t24-/m0/s1. The molecule has 3 heterocycles. The van der Waals surface area contributed by atoms with Crippen molar-refractivity contribution < 1.29 is 9.32 Å². The number of piperazine rings is 1. The first-order chi connectivity index (χ1) is 17.5. The van der Waals surface area contributed by atoms with Crippen molar-refractivity contribution in [1.29, 1.82) is 0 Å². The lowest BCUT2D eigenvalue weighted by molar-refractivity contribution is -0.121. The number of carbonyl (C=O) groups excluding carboxylic acids is 1. The molecule has 5 rings (SSSR count). The number of halogens is 1. The van der Waals surface area contributed by atoms with Gasteiger partial charge in [0.05, 0.1) is 23.4 Å². The van der Waals surface area contributed by atoms with E-state index in [1.807, 2.05) is 43.3 Å². The maximum Gasteiger partial charge on any atom is 0.222 e. The Morgan fingerprint density at radius 3 is 2.56 bits per heavy atom. The highest BCUT2D eigenvalue weighted by Crippen LogP contribution is 2.40. The number of aryl methyl sites for hydroxylation is 1. The summed E-state index contributed by atoms with van der Waals surface area (Å²) in [6.07, 6.45) is 1.12. The summed E-state index contributed by atoms with van der Waals surface area (Å²) in [5.74, 6) is 0.597. The number of benzene rings is 2. The van der Waals surface area contributed by atoms with Crippen LogP contribution >= 0.6 is 11.6 Å². The van der Waals surface area contributed by atoms with Gasteiger partial charge in [-0.25, -0.2) is 0 Å². The van der Waals surface area contributed by atoms with Gasteiger partial charge in [-0.2, -0.15) is 0 Å². The lowest BCUT2D eigenvalue weighted by atomic mass is 9.93. The second kappa shape index (κ2) is 10.9. The number of hydrogen-bond donors (Lipinski definition) is 1. The van der Waals surface area contributed by atoms with Crippen LogP contribution < -0.4 is 5.32 Å². The van der Waals surface area contributed by atoms with Crippen molar-refractivity contribution in [1.82, 2.24) is 20.3 Å². The van der Waals surface area contributed by atoms with Crippen LogP contribution in [0.2, 0.25) is 5.02 Å². The molecule has 188 valence electrons. The smallest absolute Gasteiger partial charge is 0.222 e. The summed E-state index contributed by atoms with van der Waals surface area (Å²) in [4.78, 5) is 22.9. The Morgan fingerprint density at radius 1 is 1.08 bits per heavy atom. The Balaban J connectivity index is 1.35. The molecule has 8 heteroatoms. The van der Waals surface area contributed by atoms with Crippen molar-refractivity contribution in [3.05, 3.63) is 76.1 Å². The summed E-state index contributed by atoms with van der Waals surface area (Å²) < 4.78 is 5.79. The lowest BCUT2D eigenvalue weighted by Crippen LogP contribution is -2.45. The first-order valence-electron chi connectivity index (χ1n) is 12.6. The maximum absolute atomic E-state index is 13.0. The molecule has 36 heavy (non-hydrogen) atoms. The number of nitrogens with one attached hydrogen (secondary N) is 1. The van der Waals surface area contributed by atoms with E-state index < -0.39 is 6.04 Å². The van der Waals surface area contributed by atoms with Crippen LogP contribution in [0, 0.1) is 6.92 Å². The van der Waals surface area contributed by atoms with Crippen molar-refractivity contribution in [2.45, 2.75) is 25.8 Å². The van der Waals surface area contributed by atoms with Gasteiger partial charge in [-0.3, -0.25) is 9.79 Å². The van der Waals surface area contributed by atoms with Gasteiger partial charge in [0, 0.05) is 48.9 Å². The average molecular weight is 506 g/mol. The minimum atomic E-state index is -0.475. The zero-order valence-corrected chi connectivity index (χ0v) is 21.6. The van der Waals surface area contributed by atoms with Crippen LogP contribution in [0.1, 0.15) is 41.5 Å². The second-order valence-corrected chi connectivity index (χ2v) is 10.0. The summed E-state index contributed by atoms with van der Waals surface area (Å²) in [6.45, 7) is 7.95. The summed E-state index contributed by atoms with van der Waals surface area (Å²) >= 11 is 6.15. The Morgan fingerprint density at radius 2 is 1.81 bits per heavy atom. The molecule has 0 spiro atoms. The number of amides is 1. The van der Waals surface area contributed by atoms with E-state index in [-0.39, 0.29) is 12.3 Å². The van der Waals surface area contributed by atoms with E-state index in [0.717, 1.165) is 72.8 Å². The van der Waals surface area contributed by atoms with Gasteiger partial charge in [-0.15, -0.1) is 0 Å². The van der Waals surface area contributed by atoms with Gasteiger partial charge in [0.2, 0.25) is 5.91 Å². The predicted octanol–water partition coefficient (Wildman–Crippen LogP) is 4.34. The molecule has 1 amide bonds. The molecular weight excluding hydrogens is 474 g/mol. The SMILES string of the molecule is Cc1noc2c1-c1ccccc1C(c1ccc(Cl)cc1)=N[C@H]2CC(=O)NCCCN1CCN(C)CC1. The predicted molar refractivity (Wildman–Crippen MR) is 143 cm³/mol. The van der Waals surface area contributed by atoms with E-state index in [0.29, 0.717) is 17.3 Å². The molecule has 2 aliphatic rings. The molecule has 0 radical (unpaired) electrons. The van der Waals surface area contributed by atoms with E-state index in [4.69, 9.17) is 21.1 Å². The van der Waals surface area contributed by atoms with Crippen molar-refractivity contribution in [3.8, 4) is 11.1 Å². The fraction of sp³-hybridized carbons (Fsp3) is 0.393. The first-order valence-corrected chi connectivity index (χ1v) is 12.9. The third-order valence-corrected chi connectivity index (χ3v) is 7.25. The Kier molecular flexibility index (Phi) is 7.51. The van der Waals surface area contributed by atoms with E-state index in [1.54, 1.807) is 0 Å².